The van der Waals surface area contributed by atoms with E-state index in [4.69, 9.17) is 16.3 Å². The third-order valence-corrected chi connectivity index (χ3v) is 4.54. The molecule has 0 aliphatic rings. The van der Waals surface area contributed by atoms with Gasteiger partial charge in [-0.2, -0.15) is 0 Å². The molecule has 2 rings (SSSR count). The third kappa shape index (κ3) is 3.72. The fourth-order valence-electron chi connectivity index (χ4n) is 1.69. The summed E-state index contributed by atoms with van der Waals surface area (Å²) in [4.78, 5) is -0.469. The fourth-order valence-corrected chi connectivity index (χ4v) is 3.04. The van der Waals surface area contributed by atoms with E-state index < -0.39 is 20.7 Å². The van der Waals surface area contributed by atoms with Crippen LogP contribution in [0.25, 0.3) is 0 Å². The highest BCUT2D eigenvalue weighted by Gasteiger charge is 2.20. The Morgan fingerprint density at radius 3 is 2.48 bits per heavy atom. The van der Waals surface area contributed by atoms with Crippen LogP contribution in [-0.4, -0.2) is 15.5 Å². The Hall–Kier alpha value is -1.63. The molecule has 2 aromatic carbocycles. The minimum Gasteiger partial charge on any atom is -0.497 e. The molecular weight excluding hydrogens is 317 g/mol. The van der Waals surface area contributed by atoms with Gasteiger partial charge in [-0.1, -0.05) is 29.8 Å². The first-order valence-corrected chi connectivity index (χ1v) is 7.87. The standard InChI is InChI=1S/C14H13ClFNO3S/c1-20-11-7-5-10(6-8-11)9-17-21(18,19)13-4-2-3-12(15)14(13)16/h2-8,17H,9H2,1H3. The van der Waals surface area contributed by atoms with Crippen molar-refractivity contribution in [3.8, 4) is 5.75 Å². The first-order chi connectivity index (χ1) is 9.94. The summed E-state index contributed by atoms with van der Waals surface area (Å²) < 4.78 is 45.2. The van der Waals surface area contributed by atoms with Crippen molar-refractivity contribution in [3.63, 3.8) is 0 Å². The molecule has 0 saturated heterocycles. The summed E-state index contributed by atoms with van der Waals surface area (Å²) in [5.41, 5.74) is 0.724. The zero-order chi connectivity index (χ0) is 15.5. The zero-order valence-corrected chi connectivity index (χ0v) is 12.7. The van der Waals surface area contributed by atoms with Crippen LogP contribution in [0, 0.1) is 5.82 Å². The second-order valence-electron chi connectivity index (χ2n) is 4.22. The van der Waals surface area contributed by atoms with Gasteiger partial charge in [0.05, 0.1) is 12.1 Å². The third-order valence-electron chi connectivity index (χ3n) is 2.83. The fraction of sp³-hybridized carbons (Fsp3) is 0.143. The predicted octanol–water partition coefficient (Wildman–Crippen LogP) is 2.97. The summed E-state index contributed by atoms with van der Waals surface area (Å²) in [6.45, 7) is 0.0400. The molecule has 0 amide bonds. The van der Waals surface area contributed by atoms with Gasteiger partial charge in [-0.05, 0) is 29.8 Å². The van der Waals surface area contributed by atoms with Gasteiger partial charge >= 0.3 is 0 Å². The Labute approximate surface area is 127 Å². The Morgan fingerprint density at radius 2 is 1.86 bits per heavy atom. The van der Waals surface area contributed by atoms with Gasteiger partial charge in [0.2, 0.25) is 10.0 Å². The average molecular weight is 330 g/mol. The number of halogens is 2. The van der Waals surface area contributed by atoms with E-state index in [9.17, 15) is 12.8 Å². The zero-order valence-electron chi connectivity index (χ0n) is 11.1. The summed E-state index contributed by atoms with van der Waals surface area (Å²) in [5.74, 6) is -0.288. The summed E-state index contributed by atoms with van der Waals surface area (Å²) in [7, 11) is -2.43. The number of ether oxygens (including phenoxy) is 1. The van der Waals surface area contributed by atoms with Gasteiger partial charge < -0.3 is 4.74 Å². The number of benzene rings is 2. The molecule has 0 heterocycles. The van der Waals surface area contributed by atoms with Gasteiger partial charge in [0, 0.05) is 6.54 Å². The highest BCUT2D eigenvalue weighted by atomic mass is 35.5. The van der Waals surface area contributed by atoms with Crippen LogP contribution in [0.4, 0.5) is 4.39 Å². The van der Waals surface area contributed by atoms with Crippen LogP contribution in [0.1, 0.15) is 5.56 Å². The number of rotatable bonds is 5. The van der Waals surface area contributed by atoms with Crippen molar-refractivity contribution >= 4 is 21.6 Å². The van der Waals surface area contributed by atoms with E-state index in [1.54, 1.807) is 31.4 Å². The van der Waals surface area contributed by atoms with Gasteiger partial charge in [-0.25, -0.2) is 17.5 Å². The molecule has 0 aliphatic heterocycles. The predicted molar refractivity (Wildman–Crippen MR) is 78.4 cm³/mol. The highest BCUT2D eigenvalue weighted by Crippen LogP contribution is 2.22. The van der Waals surface area contributed by atoms with Gasteiger partial charge in [0.15, 0.2) is 5.82 Å². The quantitative estimate of drug-likeness (QED) is 0.917. The molecule has 21 heavy (non-hydrogen) atoms. The van der Waals surface area contributed by atoms with Crippen LogP contribution in [0.2, 0.25) is 5.02 Å². The lowest BCUT2D eigenvalue weighted by molar-refractivity contribution is 0.414. The van der Waals surface area contributed by atoms with Crippen LogP contribution in [0.5, 0.6) is 5.75 Å². The normalized spacial score (nSPS) is 11.4. The Bertz CT molecular complexity index is 732. The first kappa shape index (κ1) is 15.8. The second kappa shape index (κ2) is 6.43. The number of nitrogens with one attached hydrogen (secondary N) is 1. The van der Waals surface area contributed by atoms with Crippen molar-refractivity contribution in [2.45, 2.75) is 11.4 Å². The van der Waals surface area contributed by atoms with E-state index in [0.29, 0.717) is 5.75 Å². The van der Waals surface area contributed by atoms with E-state index in [-0.39, 0.29) is 11.6 Å². The second-order valence-corrected chi connectivity index (χ2v) is 6.37. The summed E-state index contributed by atoms with van der Waals surface area (Å²) in [6.07, 6.45) is 0. The minimum absolute atomic E-state index is 0.0400. The van der Waals surface area contributed by atoms with Gasteiger partial charge in [0.25, 0.3) is 0 Å². The van der Waals surface area contributed by atoms with Crippen LogP contribution in [0.3, 0.4) is 0 Å². The summed E-state index contributed by atoms with van der Waals surface area (Å²) in [5, 5.41) is -0.234. The van der Waals surface area contributed by atoms with Crippen molar-refractivity contribution in [2.24, 2.45) is 0 Å². The lowest BCUT2D eigenvalue weighted by Gasteiger charge is -2.09. The molecular formula is C14H13ClFNO3S. The smallest absolute Gasteiger partial charge is 0.243 e. The SMILES string of the molecule is COc1ccc(CNS(=O)(=O)c2cccc(Cl)c2F)cc1. The maximum atomic E-state index is 13.8. The van der Waals surface area contributed by atoms with E-state index in [0.717, 1.165) is 11.6 Å². The molecule has 0 atom stereocenters. The minimum atomic E-state index is -3.97. The Balaban J connectivity index is 2.15. The first-order valence-electron chi connectivity index (χ1n) is 6.00. The largest absolute Gasteiger partial charge is 0.497 e. The number of hydrogen-bond donors (Lipinski definition) is 1. The molecule has 0 saturated carbocycles. The number of methoxy groups -OCH3 is 1. The molecule has 0 spiro atoms. The van der Waals surface area contributed by atoms with E-state index >= 15 is 0 Å². The Morgan fingerprint density at radius 1 is 1.19 bits per heavy atom. The summed E-state index contributed by atoms with van der Waals surface area (Å²) >= 11 is 5.59. The number of sulfonamides is 1. The molecule has 2 aromatic rings. The van der Waals surface area contributed by atoms with Gasteiger partial charge in [-0.15, -0.1) is 0 Å². The average Bonchev–Trinajstić information content (AvgIpc) is 2.48. The molecule has 7 heteroatoms. The van der Waals surface area contributed by atoms with Gasteiger partial charge in [0.1, 0.15) is 10.6 Å². The van der Waals surface area contributed by atoms with Crippen LogP contribution >= 0.6 is 11.6 Å². The lowest BCUT2D eigenvalue weighted by Crippen LogP contribution is -2.24. The van der Waals surface area contributed by atoms with Crippen LogP contribution in [-0.2, 0) is 16.6 Å². The maximum Gasteiger partial charge on any atom is 0.243 e. The molecule has 0 aliphatic carbocycles. The maximum absolute atomic E-state index is 13.8. The molecule has 0 bridgehead atoms. The summed E-state index contributed by atoms with van der Waals surface area (Å²) in [6, 6.07) is 10.7. The molecule has 0 radical (unpaired) electrons. The van der Waals surface area contributed by atoms with E-state index in [1.807, 2.05) is 0 Å². The monoisotopic (exact) mass is 329 g/mol. The lowest BCUT2D eigenvalue weighted by atomic mass is 10.2. The molecule has 4 nitrogen and oxygen atoms in total. The molecule has 0 fully saturated rings. The topological polar surface area (TPSA) is 55.4 Å². The molecule has 0 unspecified atom stereocenters. The molecule has 1 N–H and O–H groups in total. The van der Waals surface area contributed by atoms with E-state index in [2.05, 4.69) is 4.72 Å². The van der Waals surface area contributed by atoms with Crippen molar-refractivity contribution in [1.29, 1.82) is 0 Å². The van der Waals surface area contributed by atoms with Gasteiger partial charge in [-0.3, -0.25) is 0 Å². The number of hydrogen-bond acceptors (Lipinski definition) is 3. The highest BCUT2D eigenvalue weighted by molar-refractivity contribution is 7.89. The van der Waals surface area contributed by atoms with Crippen molar-refractivity contribution < 1.29 is 17.5 Å². The Kier molecular flexibility index (Phi) is 4.82. The van der Waals surface area contributed by atoms with Crippen LogP contribution < -0.4 is 9.46 Å². The van der Waals surface area contributed by atoms with Crippen LogP contribution in [0.15, 0.2) is 47.4 Å². The molecule has 0 aromatic heterocycles. The van der Waals surface area contributed by atoms with Crippen molar-refractivity contribution in [1.82, 2.24) is 4.72 Å². The van der Waals surface area contributed by atoms with E-state index in [1.165, 1.54) is 12.1 Å². The molecule has 112 valence electrons. The van der Waals surface area contributed by atoms with Crippen molar-refractivity contribution in [2.75, 3.05) is 7.11 Å². The van der Waals surface area contributed by atoms with Crippen molar-refractivity contribution in [3.05, 3.63) is 58.9 Å².